The summed E-state index contributed by atoms with van der Waals surface area (Å²) in [4.78, 5) is 11.7. The molecule has 0 unspecified atom stereocenters. The van der Waals surface area contributed by atoms with Crippen LogP contribution < -0.4 is 0 Å². The molecule has 0 saturated carbocycles. The van der Waals surface area contributed by atoms with E-state index in [2.05, 4.69) is 27.7 Å². The summed E-state index contributed by atoms with van der Waals surface area (Å²) < 4.78 is 5.33. The van der Waals surface area contributed by atoms with Crippen LogP contribution in [0.15, 0.2) is 0 Å². The number of rotatable bonds is 18. The minimum Gasteiger partial charge on any atom is -0.466 e. The van der Waals surface area contributed by atoms with Gasteiger partial charge in [0.05, 0.1) is 6.61 Å². The van der Waals surface area contributed by atoms with Crippen molar-refractivity contribution >= 4 is 5.97 Å². The van der Waals surface area contributed by atoms with Crippen molar-refractivity contribution in [1.82, 2.24) is 0 Å². The molecule has 0 saturated heterocycles. The number of hydrogen-bond acceptors (Lipinski definition) is 2. The van der Waals surface area contributed by atoms with Gasteiger partial charge in [-0.25, -0.2) is 0 Å². The van der Waals surface area contributed by atoms with Crippen molar-refractivity contribution in [3.63, 3.8) is 0 Å². The van der Waals surface area contributed by atoms with Crippen LogP contribution in [0.2, 0.25) is 0 Å². The molecule has 0 heterocycles. The summed E-state index contributed by atoms with van der Waals surface area (Å²) in [6.07, 6.45) is 18.4. The molecule has 2 nitrogen and oxygen atoms in total. The second kappa shape index (κ2) is 18.3. The van der Waals surface area contributed by atoms with Crippen LogP contribution in [-0.4, -0.2) is 12.6 Å². The highest BCUT2D eigenvalue weighted by Crippen LogP contribution is 2.13. The Balaban J connectivity index is 3.18. The lowest BCUT2D eigenvalue weighted by molar-refractivity contribution is -0.143. The van der Waals surface area contributed by atoms with E-state index in [1.807, 2.05) is 0 Å². The Morgan fingerprint density at radius 1 is 0.600 bits per heavy atom. The van der Waals surface area contributed by atoms with Gasteiger partial charge in [-0.1, -0.05) is 105 Å². The van der Waals surface area contributed by atoms with Crippen molar-refractivity contribution in [2.45, 2.75) is 124 Å². The van der Waals surface area contributed by atoms with Crippen molar-refractivity contribution in [3.8, 4) is 0 Å². The molecule has 0 aliphatic carbocycles. The standard InChI is InChI=1S/C23H46O2/c1-21(2)17-13-9-6-5-7-11-15-19-23(24)25-20-16-12-8-10-14-18-22(3)4/h21-22H,5-20H2,1-4H3. The van der Waals surface area contributed by atoms with Gasteiger partial charge in [-0.05, 0) is 24.7 Å². The summed E-state index contributed by atoms with van der Waals surface area (Å²) in [6, 6.07) is 0. The number of hydrogen-bond donors (Lipinski definition) is 0. The third kappa shape index (κ3) is 21.4. The molecule has 0 aliphatic heterocycles. The van der Waals surface area contributed by atoms with Crippen LogP contribution in [0, 0.1) is 11.8 Å². The molecule has 0 fully saturated rings. The minimum absolute atomic E-state index is 0.0109. The molecule has 0 spiro atoms. The lowest BCUT2D eigenvalue weighted by Gasteiger charge is -2.06. The first-order chi connectivity index (χ1) is 12.0. The molecular formula is C23H46O2. The number of carbonyl (C=O) groups is 1. The second-order valence-electron chi connectivity index (χ2n) is 8.58. The molecule has 0 N–H and O–H groups in total. The molecule has 2 heteroatoms. The zero-order chi connectivity index (χ0) is 18.8. The zero-order valence-electron chi connectivity index (χ0n) is 17.8. The smallest absolute Gasteiger partial charge is 0.305 e. The maximum atomic E-state index is 11.7. The maximum absolute atomic E-state index is 11.7. The highest BCUT2D eigenvalue weighted by Gasteiger charge is 2.02. The molecule has 150 valence electrons. The Bertz CT molecular complexity index is 284. The molecule has 0 atom stereocenters. The fourth-order valence-corrected chi connectivity index (χ4v) is 3.15. The minimum atomic E-state index is 0.0109. The summed E-state index contributed by atoms with van der Waals surface area (Å²) in [5.41, 5.74) is 0. The first kappa shape index (κ1) is 24.5. The van der Waals surface area contributed by atoms with E-state index in [-0.39, 0.29) is 5.97 Å². The summed E-state index contributed by atoms with van der Waals surface area (Å²) in [7, 11) is 0. The highest BCUT2D eigenvalue weighted by molar-refractivity contribution is 5.69. The molecule has 0 aromatic heterocycles. The molecule has 0 radical (unpaired) electrons. The molecule has 25 heavy (non-hydrogen) atoms. The molecule has 0 aromatic carbocycles. The van der Waals surface area contributed by atoms with Gasteiger partial charge >= 0.3 is 5.97 Å². The third-order valence-electron chi connectivity index (χ3n) is 4.85. The SMILES string of the molecule is CC(C)CCCCCCCCCC(=O)OCCCCCCCC(C)C. The van der Waals surface area contributed by atoms with Gasteiger partial charge in [-0.3, -0.25) is 4.79 Å². The monoisotopic (exact) mass is 354 g/mol. The quantitative estimate of drug-likeness (QED) is 0.186. The predicted octanol–water partition coefficient (Wildman–Crippen LogP) is 7.69. The van der Waals surface area contributed by atoms with Crippen LogP contribution in [0.4, 0.5) is 0 Å². The van der Waals surface area contributed by atoms with Gasteiger partial charge in [-0.2, -0.15) is 0 Å². The van der Waals surface area contributed by atoms with Crippen molar-refractivity contribution < 1.29 is 9.53 Å². The Hall–Kier alpha value is -0.530. The Labute approximate surface area is 158 Å². The molecule has 0 aliphatic rings. The zero-order valence-corrected chi connectivity index (χ0v) is 17.8. The van der Waals surface area contributed by atoms with Gasteiger partial charge in [0.15, 0.2) is 0 Å². The van der Waals surface area contributed by atoms with Crippen LogP contribution in [0.5, 0.6) is 0 Å². The first-order valence-corrected chi connectivity index (χ1v) is 11.2. The van der Waals surface area contributed by atoms with Crippen molar-refractivity contribution in [2.75, 3.05) is 6.61 Å². The summed E-state index contributed by atoms with van der Waals surface area (Å²) in [5, 5.41) is 0. The number of ether oxygens (including phenoxy) is 1. The van der Waals surface area contributed by atoms with Gasteiger partial charge in [0.1, 0.15) is 0 Å². The van der Waals surface area contributed by atoms with Gasteiger partial charge in [0.2, 0.25) is 0 Å². The van der Waals surface area contributed by atoms with Crippen LogP contribution in [0.1, 0.15) is 124 Å². The summed E-state index contributed by atoms with van der Waals surface area (Å²) >= 11 is 0. The van der Waals surface area contributed by atoms with E-state index in [1.54, 1.807) is 0 Å². The van der Waals surface area contributed by atoms with E-state index in [0.717, 1.165) is 24.7 Å². The van der Waals surface area contributed by atoms with E-state index in [4.69, 9.17) is 4.74 Å². The van der Waals surface area contributed by atoms with E-state index in [9.17, 15) is 4.79 Å². The van der Waals surface area contributed by atoms with E-state index < -0.39 is 0 Å². The van der Waals surface area contributed by atoms with Crippen molar-refractivity contribution in [1.29, 1.82) is 0 Å². The summed E-state index contributed by atoms with van der Waals surface area (Å²) in [6.45, 7) is 9.79. The highest BCUT2D eigenvalue weighted by atomic mass is 16.5. The fraction of sp³-hybridized carbons (Fsp3) is 0.957. The molecule has 0 amide bonds. The third-order valence-corrected chi connectivity index (χ3v) is 4.85. The van der Waals surface area contributed by atoms with Gasteiger partial charge in [-0.15, -0.1) is 0 Å². The van der Waals surface area contributed by atoms with Gasteiger partial charge in [0, 0.05) is 6.42 Å². The molecular weight excluding hydrogens is 308 g/mol. The second-order valence-corrected chi connectivity index (χ2v) is 8.58. The normalized spacial score (nSPS) is 11.4. The molecule has 0 aromatic rings. The van der Waals surface area contributed by atoms with E-state index in [1.165, 1.54) is 77.0 Å². The van der Waals surface area contributed by atoms with Crippen LogP contribution >= 0.6 is 0 Å². The fourth-order valence-electron chi connectivity index (χ4n) is 3.15. The van der Waals surface area contributed by atoms with Crippen LogP contribution in [0.3, 0.4) is 0 Å². The maximum Gasteiger partial charge on any atom is 0.305 e. The van der Waals surface area contributed by atoms with Gasteiger partial charge in [0.25, 0.3) is 0 Å². The Morgan fingerprint density at radius 2 is 1.00 bits per heavy atom. The van der Waals surface area contributed by atoms with Crippen LogP contribution in [0.25, 0.3) is 0 Å². The largest absolute Gasteiger partial charge is 0.466 e. The Kier molecular flexibility index (Phi) is 17.9. The van der Waals surface area contributed by atoms with E-state index >= 15 is 0 Å². The average Bonchev–Trinajstić information content (AvgIpc) is 2.55. The van der Waals surface area contributed by atoms with E-state index in [0.29, 0.717) is 13.0 Å². The molecule has 0 rings (SSSR count). The van der Waals surface area contributed by atoms with Crippen molar-refractivity contribution in [2.24, 2.45) is 11.8 Å². The van der Waals surface area contributed by atoms with Crippen LogP contribution in [-0.2, 0) is 9.53 Å². The lowest BCUT2D eigenvalue weighted by Crippen LogP contribution is -2.05. The first-order valence-electron chi connectivity index (χ1n) is 11.2. The van der Waals surface area contributed by atoms with Crippen molar-refractivity contribution in [3.05, 3.63) is 0 Å². The predicted molar refractivity (Wildman–Crippen MR) is 110 cm³/mol. The summed E-state index contributed by atoms with van der Waals surface area (Å²) in [5.74, 6) is 1.68. The number of esters is 1. The van der Waals surface area contributed by atoms with Gasteiger partial charge < -0.3 is 4.74 Å². The average molecular weight is 355 g/mol. The lowest BCUT2D eigenvalue weighted by atomic mass is 10.0. The number of unbranched alkanes of at least 4 members (excludes halogenated alkanes) is 10. The number of carbonyl (C=O) groups excluding carboxylic acids is 1. The topological polar surface area (TPSA) is 26.3 Å². The Morgan fingerprint density at radius 3 is 1.48 bits per heavy atom. The molecule has 0 bridgehead atoms.